The van der Waals surface area contributed by atoms with Crippen LogP contribution in [0.1, 0.15) is 0 Å². The monoisotopic (exact) mass is 219 g/mol. The third-order valence-corrected chi connectivity index (χ3v) is 1.70. The van der Waals surface area contributed by atoms with Crippen molar-refractivity contribution >= 4 is 18.3 Å². The number of halogens is 3. The molecule has 0 amide bonds. The summed E-state index contributed by atoms with van der Waals surface area (Å²) >= 11 is 0. The van der Waals surface area contributed by atoms with E-state index in [9.17, 15) is 13.2 Å². The fourth-order valence-electron chi connectivity index (χ4n) is 0.975. The molecule has 7 heteroatoms. The van der Waals surface area contributed by atoms with Gasteiger partial charge >= 0.3 is 13.3 Å². The fraction of sp³-hybridized carbons (Fsp3) is 0.250. The Hall–Kier alpha value is -1.21. The average Bonchev–Trinajstić information content (AvgIpc) is 2.14. The molecule has 1 rings (SSSR count). The van der Waals surface area contributed by atoms with Crippen molar-refractivity contribution in [2.24, 2.45) is 0 Å². The van der Waals surface area contributed by atoms with Crippen LogP contribution in [0, 0.1) is 0 Å². The first-order chi connectivity index (χ1) is 6.88. The van der Waals surface area contributed by atoms with Gasteiger partial charge in [-0.2, -0.15) is 13.2 Å². The molecule has 1 aromatic carbocycles. The van der Waals surface area contributed by atoms with Gasteiger partial charge in [-0.15, -0.1) is 0 Å². The van der Waals surface area contributed by atoms with E-state index >= 15 is 0 Å². The molecule has 0 radical (unpaired) electrons. The summed E-state index contributed by atoms with van der Waals surface area (Å²) in [6, 6.07) is 5.37. The normalized spacial score (nSPS) is 11.3. The van der Waals surface area contributed by atoms with Gasteiger partial charge < -0.3 is 15.4 Å². The molecular formula is C8H9BF3NO2. The van der Waals surface area contributed by atoms with Crippen molar-refractivity contribution in [2.45, 2.75) is 6.18 Å². The van der Waals surface area contributed by atoms with Crippen LogP contribution in [0.2, 0.25) is 0 Å². The summed E-state index contributed by atoms with van der Waals surface area (Å²) in [5.41, 5.74) is 0.504. The summed E-state index contributed by atoms with van der Waals surface area (Å²) in [5, 5.41) is 19.6. The fourth-order valence-corrected chi connectivity index (χ4v) is 0.975. The highest BCUT2D eigenvalue weighted by Gasteiger charge is 2.26. The van der Waals surface area contributed by atoms with Crippen LogP contribution in [0.15, 0.2) is 24.3 Å². The van der Waals surface area contributed by atoms with Gasteiger partial charge in [-0.3, -0.25) is 0 Å². The molecule has 82 valence electrons. The van der Waals surface area contributed by atoms with Crippen LogP contribution in [0.4, 0.5) is 18.9 Å². The van der Waals surface area contributed by atoms with Gasteiger partial charge in [-0.25, -0.2) is 0 Å². The van der Waals surface area contributed by atoms with Crippen LogP contribution in [-0.2, 0) is 0 Å². The second-order valence-electron chi connectivity index (χ2n) is 2.96. The van der Waals surface area contributed by atoms with Crippen LogP contribution in [0.5, 0.6) is 0 Å². The van der Waals surface area contributed by atoms with Gasteiger partial charge in [0.25, 0.3) is 0 Å². The molecule has 0 spiro atoms. The van der Waals surface area contributed by atoms with E-state index in [-0.39, 0.29) is 11.2 Å². The van der Waals surface area contributed by atoms with Crippen LogP contribution in [-0.4, -0.2) is 29.9 Å². The van der Waals surface area contributed by atoms with Crippen molar-refractivity contribution in [3.05, 3.63) is 24.3 Å². The molecule has 0 bridgehead atoms. The molecule has 0 saturated carbocycles. The Bertz CT molecular complexity index is 313. The molecule has 1 aromatic rings. The lowest BCUT2D eigenvalue weighted by Gasteiger charge is -2.09. The third-order valence-electron chi connectivity index (χ3n) is 1.70. The molecule has 0 unspecified atom stereocenters. The summed E-state index contributed by atoms with van der Waals surface area (Å²) in [4.78, 5) is 0. The second kappa shape index (κ2) is 4.54. The highest BCUT2D eigenvalue weighted by molar-refractivity contribution is 6.58. The van der Waals surface area contributed by atoms with Gasteiger partial charge in [0, 0.05) is 5.69 Å². The SMILES string of the molecule is OB(O)c1ccc(NCC(F)(F)F)cc1. The maximum absolute atomic E-state index is 11.8. The van der Waals surface area contributed by atoms with E-state index in [0.717, 1.165) is 0 Å². The van der Waals surface area contributed by atoms with Crippen LogP contribution in [0.3, 0.4) is 0 Å². The Balaban J connectivity index is 2.57. The quantitative estimate of drug-likeness (QED) is 0.642. The molecule has 0 atom stereocenters. The van der Waals surface area contributed by atoms with Crippen LogP contribution in [0.25, 0.3) is 0 Å². The van der Waals surface area contributed by atoms with Crippen LogP contribution >= 0.6 is 0 Å². The molecule has 0 fully saturated rings. The molecule has 0 heterocycles. The number of anilines is 1. The van der Waals surface area contributed by atoms with E-state index in [0.29, 0.717) is 0 Å². The molecule has 15 heavy (non-hydrogen) atoms. The Morgan fingerprint density at radius 1 is 1.13 bits per heavy atom. The number of nitrogens with one attached hydrogen (secondary N) is 1. The molecule has 0 saturated heterocycles. The number of rotatable bonds is 3. The van der Waals surface area contributed by atoms with Gasteiger partial charge in [-0.1, -0.05) is 12.1 Å². The molecule has 0 aromatic heterocycles. The van der Waals surface area contributed by atoms with Gasteiger partial charge in [0.15, 0.2) is 0 Å². The number of alkyl halides is 3. The smallest absolute Gasteiger partial charge is 0.423 e. The lowest BCUT2D eigenvalue weighted by molar-refractivity contribution is -0.115. The van der Waals surface area contributed by atoms with E-state index in [1.165, 1.54) is 24.3 Å². The van der Waals surface area contributed by atoms with Gasteiger partial charge in [0.1, 0.15) is 6.54 Å². The zero-order chi connectivity index (χ0) is 11.5. The van der Waals surface area contributed by atoms with Crippen molar-refractivity contribution in [1.82, 2.24) is 0 Å². The van der Waals surface area contributed by atoms with Crippen LogP contribution < -0.4 is 10.8 Å². The van der Waals surface area contributed by atoms with Crippen molar-refractivity contribution in [3.63, 3.8) is 0 Å². The zero-order valence-corrected chi connectivity index (χ0v) is 7.62. The largest absolute Gasteiger partial charge is 0.488 e. The van der Waals surface area contributed by atoms with Crippen molar-refractivity contribution in [3.8, 4) is 0 Å². The lowest BCUT2D eigenvalue weighted by Crippen LogP contribution is -2.29. The first kappa shape index (κ1) is 11.9. The second-order valence-corrected chi connectivity index (χ2v) is 2.96. The standard InChI is InChI=1S/C8H9BF3NO2/c10-8(11,12)5-13-7-3-1-6(2-4-7)9(14)15/h1-4,13-15H,5H2. The highest BCUT2D eigenvalue weighted by atomic mass is 19.4. The molecular weight excluding hydrogens is 210 g/mol. The summed E-state index contributed by atoms with van der Waals surface area (Å²) in [6.45, 7) is -1.12. The number of hydrogen-bond acceptors (Lipinski definition) is 3. The maximum Gasteiger partial charge on any atom is 0.488 e. The van der Waals surface area contributed by atoms with E-state index in [1.807, 2.05) is 0 Å². The minimum atomic E-state index is -4.27. The molecule has 3 N–H and O–H groups in total. The Morgan fingerprint density at radius 3 is 2.07 bits per heavy atom. The van der Waals surface area contributed by atoms with Gasteiger partial charge in [-0.05, 0) is 17.6 Å². The maximum atomic E-state index is 11.8. The van der Waals surface area contributed by atoms with Crippen molar-refractivity contribution < 1.29 is 23.2 Å². The topological polar surface area (TPSA) is 52.5 Å². The van der Waals surface area contributed by atoms with Gasteiger partial charge in [0.05, 0.1) is 0 Å². The number of hydrogen-bond donors (Lipinski definition) is 3. The third kappa shape index (κ3) is 4.22. The van der Waals surface area contributed by atoms with E-state index in [2.05, 4.69) is 5.32 Å². The molecule has 3 nitrogen and oxygen atoms in total. The van der Waals surface area contributed by atoms with Crippen molar-refractivity contribution in [2.75, 3.05) is 11.9 Å². The number of benzene rings is 1. The Kier molecular flexibility index (Phi) is 3.59. The predicted molar refractivity (Wildman–Crippen MR) is 50.8 cm³/mol. The first-order valence-corrected chi connectivity index (χ1v) is 4.15. The Labute approximate surface area is 84.7 Å². The molecule has 0 aliphatic heterocycles. The zero-order valence-electron chi connectivity index (χ0n) is 7.62. The minimum absolute atomic E-state index is 0.229. The molecule has 0 aliphatic carbocycles. The lowest BCUT2D eigenvalue weighted by atomic mass is 9.80. The summed E-state index contributed by atoms with van der Waals surface area (Å²) in [6.07, 6.45) is -4.27. The average molecular weight is 219 g/mol. The van der Waals surface area contributed by atoms with Crippen molar-refractivity contribution in [1.29, 1.82) is 0 Å². The van der Waals surface area contributed by atoms with E-state index in [1.54, 1.807) is 0 Å². The first-order valence-electron chi connectivity index (χ1n) is 4.15. The van der Waals surface area contributed by atoms with E-state index in [4.69, 9.17) is 10.0 Å². The van der Waals surface area contributed by atoms with Gasteiger partial charge in [0.2, 0.25) is 0 Å². The summed E-state index contributed by atoms with van der Waals surface area (Å²) < 4.78 is 35.4. The summed E-state index contributed by atoms with van der Waals surface area (Å²) in [5.74, 6) is 0. The minimum Gasteiger partial charge on any atom is -0.423 e. The van der Waals surface area contributed by atoms with E-state index < -0.39 is 19.8 Å². The Morgan fingerprint density at radius 2 is 1.67 bits per heavy atom. The predicted octanol–water partition coefficient (Wildman–Crippen LogP) is 0.341. The molecule has 0 aliphatic rings. The highest BCUT2D eigenvalue weighted by Crippen LogP contribution is 2.15. The summed E-state index contributed by atoms with van der Waals surface area (Å²) in [7, 11) is -1.61.